The molecule has 0 saturated carbocycles. The molecule has 120 valence electrons. The second kappa shape index (κ2) is 8.19. The van der Waals surface area contributed by atoms with Crippen LogP contribution in [0.2, 0.25) is 0 Å². The van der Waals surface area contributed by atoms with Gasteiger partial charge in [-0.1, -0.05) is 6.58 Å². The van der Waals surface area contributed by atoms with Gasteiger partial charge in [-0.05, 0) is 43.7 Å². The zero-order chi connectivity index (χ0) is 16.7. The van der Waals surface area contributed by atoms with Crippen LogP contribution in [0.5, 0.6) is 0 Å². The Balaban J connectivity index is 1.76. The molecule has 1 heterocycles. The Bertz CT molecular complexity index is 694. The third-order valence-electron chi connectivity index (χ3n) is 3.02. The lowest BCUT2D eigenvalue weighted by Crippen LogP contribution is -2.24. The molecule has 2 aromatic rings. The van der Waals surface area contributed by atoms with E-state index < -0.39 is 0 Å². The van der Waals surface area contributed by atoms with E-state index in [0.717, 1.165) is 22.9 Å². The quantitative estimate of drug-likeness (QED) is 0.603. The van der Waals surface area contributed by atoms with Gasteiger partial charge in [0.15, 0.2) is 0 Å². The normalized spacial score (nSPS) is 10.1. The first-order valence-electron chi connectivity index (χ1n) is 7.19. The SMILES string of the molecule is C=CC(=O)Nc1ccc(C(=O)NCCCc2nnc(C)s2)cc1. The molecule has 0 spiro atoms. The Morgan fingerprint density at radius 1 is 1.26 bits per heavy atom. The molecule has 0 saturated heterocycles. The van der Waals surface area contributed by atoms with Crippen LogP contribution in [0.3, 0.4) is 0 Å². The first-order valence-corrected chi connectivity index (χ1v) is 8.01. The number of benzene rings is 1. The van der Waals surface area contributed by atoms with E-state index in [1.54, 1.807) is 35.6 Å². The number of hydrogen-bond acceptors (Lipinski definition) is 5. The molecule has 6 nitrogen and oxygen atoms in total. The summed E-state index contributed by atoms with van der Waals surface area (Å²) in [5, 5.41) is 15.4. The van der Waals surface area contributed by atoms with Crippen molar-refractivity contribution in [3.63, 3.8) is 0 Å². The number of hydrogen-bond donors (Lipinski definition) is 2. The van der Waals surface area contributed by atoms with Crippen molar-refractivity contribution in [2.75, 3.05) is 11.9 Å². The Morgan fingerprint density at radius 3 is 2.61 bits per heavy atom. The van der Waals surface area contributed by atoms with E-state index in [0.29, 0.717) is 17.8 Å². The van der Waals surface area contributed by atoms with Crippen molar-refractivity contribution in [1.82, 2.24) is 15.5 Å². The maximum Gasteiger partial charge on any atom is 0.251 e. The molecule has 0 unspecified atom stereocenters. The molecule has 0 atom stereocenters. The van der Waals surface area contributed by atoms with E-state index in [4.69, 9.17) is 0 Å². The van der Waals surface area contributed by atoms with Crippen LogP contribution in [-0.4, -0.2) is 28.6 Å². The number of nitrogens with one attached hydrogen (secondary N) is 2. The molecule has 0 aliphatic heterocycles. The standard InChI is InChI=1S/C16H18N4O2S/c1-3-14(21)18-13-8-6-12(7-9-13)16(22)17-10-4-5-15-20-19-11(2)23-15/h3,6-9H,1,4-5,10H2,2H3,(H,17,22)(H,18,21). The van der Waals surface area contributed by atoms with Gasteiger partial charge >= 0.3 is 0 Å². The van der Waals surface area contributed by atoms with E-state index in [9.17, 15) is 9.59 Å². The summed E-state index contributed by atoms with van der Waals surface area (Å²) in [6.07, 6.45) is 2.81. The van der Waals surface area contributed by atoms with Gasteiger partial charge in [-0.2, -0.15) is 0 Å². The van der Waals surface area contributed by atoms with Crippen LogP contribution in [0.4, 0.5) is 5.69 Å². The van der Waals surface area contributed by atoms with Crippen LogP contribution in [0, 0.1) is 6.92 Å². The largest absolute Gasteiger partial charge is 0.352 e. The topological polar surface area (TPSA) is 84.0 Å². The van der Waals surface area contributed by atoms with Crippen LogP contribution in [-0.2, 0) is 11.2 Å². The lowest BCUT2D eigenvalue weighted by molar-refractivity contribution is -0.111. The molecular weight excluding hydrogens is 312 g/mol. The molecule has 0 aliphatic rings. The van der Waals surface area contributed by atoms with Crippen LogP contribution >= 0.6 is 11.3 Å². The van der Waals surface area contributed by atoms with E-state index in [1.807, 2.05) is 6.92 Å². The average molecular weight is 330 g/mol. The van der Waals surface area contributed by atoms with Crippen molar-refractivity contribution in [2.24, 2.45) is 0 Å². The number of rotatable bonds is 7. The second-order valence-electron chi connectivity index (χ2n) is 4.84. The summed E-state index contributed by atoms with van der Waals surface area (Å²) < 4.78 is 0. The average Bonchev–Trinajstić information content (AvgIpc) is 2.97. The zero-order valence-electron chi connectivity index (χ0n) is 12.8. The first kappa shape index (κ1) is 16.8. The summed E-state index contributed by atoms with van der Waals surface area (Å²) in [5.74, 6) is -0.422. The summed E-state index contributed by atoms with van der Waals surface area (Å²) >= 11 is 1.57. The molecule has 23 heavy (non-hydrogen) atoms. The van der Waals surface area contributed by atoms with Gasteiger partial charge < -0.3 is 10.6 Å². The third-order valence-corrected chi connectivity index (χ3v) is 3.92. The number of nitrogens with zero attached hydrogens (tertiary/aromatic N) is 2. The Hall–Kier alpha value is -2.54. The van der Waals surface area contributed by atoms with Crippen molar-refractivity contribution in [3.8, 4) is 0 Å². The predicted molar refractivity (Wildman–Crippen MR) is 90.6 cm³/mol. The molecule has 1 aromatic heterocycles. The third kappa shape index (κ3) is 5.30. The maximum absolute atomic E-state index is 12.0. The summed E-state index contributed by atoms with van der Waals surface area (Å²) in [5.41, 5.74) is 1.17. The first-order chi connectivity index (χ1) is 11.1. The summed E-state index contributed by atoms with van der Waals surface area (Å²) in [6.45, 7) is 5.88. The fraction of sp³-hybridized carbons (Fsp3) is 0.250. The predicted octanol–water partition coefficient (Wildman–Crippen LogP) is 2.33. The Morgan fingerprint density at radius 2 is 2.00 bits per heavy atom. The van der Waals surface area contributed by atoms with Gasteiger partial charge in [0.2, 0.25) is 5.91 Å². The van der Waals surface area contributed by atoms with E-state index in [-0.39, 0.29) is 11.8 Å². The molecule has 0 bridgehead atoms. The fourth-order valence-corrected chi connectivity index (χ4v) is 2.63. The number of aromatic nitrogens is 2. The second-order valence-corrected chi connectivity index (χ2v) is 6.11. The van der Waals surface area contributed by atoms with Crippen molar-refractivity contribution in [1.29, 1.82) is 0 Å². The molecule has 0 aliphatic carbocycles. The molecule has 2 rings (SSSR count). The maximum atomic E-state index is 12.0. The zero-order valence-corrected chi connectivity index (χ0v) is 13.7. The van der Waals surface area contributed by atoms with Crippen molar-refractivity contribution in [2.45, 2.75) is 19.8 Å². The summed E-state index contributed by atoms with van der Waals surface area (Å²) in [4.78, 5) is 23.2. The van der Waals surface area contributed by atoms with Crippen LogP contribution in [0.15, 0.2) is 36.9 Å². The van der Waals surface area contributed by atoms with Crippen LogP contribution < -0.4 is 10.6 Å². The molecule has 1 aromatic carbocycles. The van der Waals surface area contributed by atoms with Gasteiger partial charge in [0.05, 0.1) is 0 Å². The highest BCUT2D eigenvalue weighted by Crippen LogP contribution is 2.11. The highest BCUT2D eigenvalue weighted by Gasteiger charge is 2.06. The lowest BCUT2D eigenvalue weighted by Gasteiger charge is -2.06. The van der Waals surface area contributed by atoms with Gasteiger partial charge in [-0.15, -0.1) is 21.5 Å². The molecule has 7 heteroatoms. The van der Waals surface area contributed by atoms with Gasteiger partial charge in [0.1, 0.15) is 10.0 Å². The number of carbonyl (C=O) groups is 2. The lowest BCUT2D eigenvalue weighted by atomic mass is 10.2. The number of aryl methyl sites for hydroxylation is 2. The molecule has 2 N–H and O–H groups in total. The highest BCUT2D eigenvalue weighted by molar-refractivity contribution is 7.11. The molecule has 0 radical (unpaired) electrons. The van der Waals surface area contributed by atoms with Crippen LogP contribution in [0.1, 0.15) is 26.8 Å². The van der Waals surface area contributed by atoms with Crippen molar-refractivity contribution >= 4 is 28.8 Å². The Kier molecular flexibility index (Phi) is 5.99. The van der Waals surface area contributed by atoms with E-state index >= 15 is 0 Å². The smallest absolute Gasteiger partial charge is 0.251 e. The minimum absolute atomic E-state index is 0.139. The number of carbonyl (C=O) groups excluding carboxylic acids is 2. The van der Waals surface area contributed by atoms with Gasteiger partial charge in [0.25, 0.3) is 5.91 Å². The summed E-state index contributed by atoms with van der Waals surface area (Å²) in [7, 11) is 0. The fourth-order valence-electron chi connectivity index (χ4n) is 1.88. The van der Waals surface area contributed by atoms with Crippen molar-refractivity contribution in [3.05, 3.63) is 52.5 Å². The molecular formula is C16H18N4O2S. The summed E-state index contributed by atoms with van der Waals surface area (Å²) in [6, 6.07) is 6.70. The monoisotopic (exact) mass is 330 g/mol. The number of amides is 2. The van der Waals surface area contributed by atoms with Gasteiger partial charge in [-0.3, -0.25) is 9.59 Å². The minimum Gasteiger partial charge on any atom is -0.352 e. The minimum atomic E-state index is -0.283. The number of anilines is 1. The van der Waals surface area contributed by atoms with Crippen molar-refractivity contribution < 1.29 is 9.59 Å². The van der Waals surface area contributed by atoms with E-state index in [2.05, 4.69) is 27.4 Å². The Labute approximate surface area is 138 Å². The highest BCUT2D eigenvalue weighted by atomic mass is 32.1. The van der Waals surface area contributed by atoms with E-state index in [1.165, 1.54) is 6.08 Å². The molecule has 0 fully saturated rings. The van der Waals surface area contributed by atoms with Gasteiger partial charge in [0, 0.05) is 24.2 Å². The van der Waals surface area contributed by atoms with Gasteiger partial charge in [-0.25, -0.2) is 0 Å². The molecule has 2 amide bonds. The van der Waals surface area contributed by atoms with Crippen LogP contribution in [0.25, 0.3) is 0 Å².